The summed E-state index contributed by atoms with van der Waals surface area (Å²) in [4.78, 5) is 28.4. The van der Waals surface area contributed by atoms with Crippen LogP contribution in [0.5, 0.6) is 0 Å². The van der Waals surface area contributed by atoms with Crippen LogP contribution in [0.3, 0.4) is 0 Å². The molecule has 1 aromatic rings. The lowest BCUT2D eigenvalue weighted by Gasteiger charge is -2.18. The third kappa shape index (κ3) is 4.31. The zero-order valence-electron chi connectivity index (χ0n) is 12.3. The summed E-state index contributed by atoms with van der Waals surface area (Å²) in [5.74, 6) is -1.19. The fraction of sp³-hybridized carbons (Fsp3) is 0.583. The second-order valence-electron chi connectivity index (χ2n) is 5.43. The number of hydrogen-bond donors (Lipinski definition) is 2. The van der Waals surface area contributed by atoms with E-state index in [1.165, 1.54) is 6.92 Å². The van der Waals surface area contributed by atoms with Crippen molar-refractivity contribution in [2.24, 2.45) is 0 Å². The molecule has 0 amide bonds. The Morgan fingerprint density at radius 3 is 2.43 bits per heavy atom. The van der Waals surface area contributed by atoms with Crippen LogP contribution in [0.1, 0.15) is 36.8 Å². The summed E-state index contributed by atoms with van der Waals surface area (Å²) < 4.78 is 23.1. The number of sulfone groups is 1. The van der Waals surface area contributed by atoms with Crippen molar-refractivity contribution >= 4 is 27.6 Å². The molecule has 0 atom stereocenters. The Kier molecular flexibility index (Phi) is 5.21. The highest BCUT2D eigenvalue weighted by atomic mass is 32.2. The summed E-state index contributed by atoms with van der Waals surface area (Å²) in [5, 5.41) is 9.17. The van der Waals surface area contributed by atoms with E-state index < -0.39 is 26.2 Å². The van der Waals surface area contributed by atoms with E-state index in [2.05, 4.69) is 9.97 Å². The standard InChI is InChI=1S/C12H18N2O5S2/c1-7-8(10(15)16)9(14-11(17)13-7)20-5-6-21(18,19)12(2,3)4/h5-6H2,1-4H3,(H,15,16)(H,13,14,17). The molecule has 1 heterocycles. The van der Waals surface area contributed by atoms with Gasteiger partial charge < -0.3 is 10.1 Å². The third-order valence-electron chi connectivity index (χ3n) is 2.82. The van der Waals surface area contributed by atoms with Crippen LogP contribution in [-0.4, -0.2) is 45.7 Å². The number of aromatic amines is 1. The van der Waals surface area contributed by atoms with Gasteiger partial charge in [0, 0.05) is 11.4 Å². The number of carbonyl (C=O) groups is 1. The van der Waals surface area contributed by atoms with E-state index in [0.29, 0.717) is 0 Å². The number of aromatic carboxylic acids is 1. The fourth-order valence-corrected chi connectivity index (χ4v) is 4.02. The molecule has 0 aromatic carbocycles. The van der Waals surface area contributed by atoms with Crippen molar-refractivity contribution in [3.63, 3.8) is 0 Å². The number of carboxylic acids is 1. The molecule has 0 unspecified atom stereocenters. The van der Waals surface area contributed by atoms with Gasteiger partial charge >= 0.3 is 11.7 Å². The van der Waals surface area contributed by atoms with Crippen LogP contribution in [-0.2, 0) is 9.84 Å². The SMILES string of the molecule is Cc1[nH]c(=O)nc(SCCS(=O)(=O)C(C)(C)C)c1C(=O)O. The van der Waals surface area contributed by atoms with Gasteiger partial charge in [-0.1, -0.05) is 0 Å². The van der Waals surface area contributed by atoms with Crippen molar-refractivity contribution in [1.29, 1.82) is 0 Å². The van der Waals surface area contributed by atoms with Gasteiger partial charge in [-0.3, -0.25) is 0 Å². The van der Waals surface area contributed by atoms with Crippen LogP contribution in [0, 0.1) is 6.92 Å². The second kappa shape index (κ2) is 6.18. The molecule has 0 fully saturated rings. The van der Waals surface area contributed by atoms with Crippen molar-refractivity contribution < 1.29 is 18.3 Å². The summed E-state index contributed by atoms with van der Waals surface area (Å²) in [6.45, 7) is 6.27. The zero-order valence-corrected chi connectivity index (χ0v) is 13.9. The quantitative estimate of drug-likeness (QED) is 0.611. The number of carboxylic acid groups (broad SMARTS) is 1. The second-order valence-corrected chi connectivity index (χ2v) is 9.38. The normalized spacial score (nSPS) is 12.4. The molecule has 118 valence electrons. The van der Waals surface area contributed by atoms with Gasteiger partial charge in [0.15, 0.2) is 9.84 Å². The van der Waals surface area contributed by atoms with Crippen LogP contribution < -0.4 is 5.69 Å². The Balaban J connectivity index is 2.96. The molecule has 0 bridgehead atoms. The van der Waals surface area contributed by atoms with Crippen molar-refractivity contribution in [2.75, 3.05) is 11.5 Å². The van der Waals surface area contributed by atoms with E-state index in [4.69, 9.17) is 5.11 Å². The Hall–Kier alpha value is -1.35. The predicted molar refractivity (Wildman–Crippen MR) is 80.8 cm³/mol. The van der Waals surface area contributed by atoms with E-state index in [9.17, 15) is 18.0 Å². The smallest absolute Gasteiger partial charge is 0.346 e. The summed E-state index contributed by atoms with van der Waals surface area (Å²) in [6, 6.07) is 0. The molecule has 2 N–H and O–H groups in total. The molecule has 9 heteroatoms. The number of thioether (sulfide) groups is 1. The number of aryl methyl sites for hydroxylation is 1. The molecule has 0 aliphatic rings. The largest absolute Gasteiger partial charge is 0.478 e. The molecular formula is C12H18N2O5S2. The number of aromatic nitrogens is 2. The molecule has 0 spiro atoms. The van der Waals surface area contributed by atoms with E-state index in [0.717, 1.165) is 11.8 Å². The minimum Gasteiger partial charge on any atom is -0.478 e. The van der Waals surface area contributed by atoms with E-state index in [-0.39, 0.29) is 27.8 Å². The fourth-order valence-electron chi connectivity index (χ4n) is 1.47. The summed E-state index contributed by atoms with van der Waals surface area (Å²) >= 11 is 0.956. The van der Waals surface area contributed by atoms with Crippen molar-refractivity contribution in [2.45, 2.75) is 37.5 Å². The lowest BCUT2D eigenvalue weighted by atomic mass is 10.2. The van der Waals surface area contributed by atoms with Crippen molar-refractivity contribution in [3.8, 4) is 0 Å². The topological polar surface area (TPSA) is 117 Å². The first kappa shape index (κ1) is 17.7. The average molecular weight is 334 g/mol. The number of H-pyrrole nitrogens is 1. The van der Waals surface area contributed by atoms with Crippen molar-refractivity contribution in [3.05, 3.63) is 21.7 Å². The molecule has 0 saturated carbocycles. The highest BCUT2D eigenvalue weighted by Gasteiger charge is 2.28. The first-order chi connectivity index (χ1) is 9.45. The van der Waals surface area contributed by atoms with Crippen LogP contribution in [0.4, 0.5) is 0 Å². The number of hydrogen-bond acceptors (Lipinski definition) is 6. The van der Waals surface area contributed by atoms with Gasteiger partial charge in [-0.15, -0.1) is 11.8 Å². The van der Waals surface area contributed by atoms with Crippen LogP contribution >= 0.6 is 11.8 Å². The maximum atomic E-state index is 12.0. The van der Waals surface area contributed by atoms with E-state index in [1.54, 1.807) is 20.8 Å². The van der Waals surface area contributed by atoms with Gasteiger partial charge in [0.2, 0.25) is 0 Å². The summed E-state index contributed by atoms with van der Waals surface area (Å²) in [5.41, 5.74) is -0.560. The molecular weight excluding hydrogens is 316 g/mol. The van der Waals surface area contributed by atoms with Gasteiger partial charge in [-0.05, 0) is 27.7 Å². The number of rotatable bonds is 5. The molecule has 0 aliphatic carbocycles. The molecule has 1 aromatic heterocycles. The Labute approximate surface area is 127 Å². The minimum absolute atomic E-state index is 0.0351. The van der Waals surface area contributed by atoms with Gasteiger partial charge in [0.05, 0.1) is 10.5 Å². The van der Waals surface area contributed by atoms with Crippen LogP contribution in [0.2, 0.25) is 0 Å². The van der Waals surface area contributed by atoms with Crippen LogP contribution in [0.25, 0.3) is 0 Å². The molecule has 1 rings (SSSR count). The molecule has 0 radical (unpaired) electrons. The Bertz CT molecular complexity index is 701. The summed E-state index contributed by atoms with van der Waals surface area (Å²) in [7, 11) is -3.30. The molecule has 0 saturated heterocycles. The molecule has 0 aliphatic heterocycles. The Morgan fingerprint density at radius 1 is 1.38 bits per heavy atom. The van der Waals surface area contributed by atoms with Gasteiger partial charge in [0.1, 0.15) is 10.6 Å². The highest BCUT2D eigenvalue weighted by molar-refractivity contribution is 8.00. The van der Waals surface area contributed by atoms with E-state index >= 15 is 0 Å². The van der Waals surface area contributed by atoms with Gasteiger partial charge in [-0.2, -0.15) is 4.98 Å². The van der Waals surface area contributed by atoms with Gasteiger partial charge in [0.25, 0.3) is 0 Å². The van der Waals surface area contributed by atoms with Gasteiger partial charge in [-0.25, -0.2) is 18.0 Å². The number of nitrogens with one attached hydrogen (secondary N) is 1. The van der Waals surface area contributed by atoms with Crippen LogP contribution in [0.15, 0.2) is 9.82 Å². The monoisotopic (exact) mass is 334 g/mol. The van der Waals surface area contributed by atoms with Crippen molar-refractivity contribution in [1.82, 2.24) is 9.97 Å². The predicted octanol–water partition coefficient (Wildman–Crippen LogP) is 1.08. The highest BCUT2D eigenvalue weighted by Crippen LogP contribution is 2.23. The first-order valence-electron chi connectivity index (χ1n) is 6.15. The number of nitrogens with zero attached hydrogens (tertiary/aromatic N) is 1. The lowest BCUT2D eigenvalue weighted by molar-refractivity contribution is 0.0690. The minimum atomic E-state index is -3.30. The lowest BCUT2D eigenvalue weighted by Crippen LogP contribution is -2.31. The maximum absolute atomic E-state index is 12.0. The summed E-state index contributed by atoms with van der Waals surface area (Å²) in [6.07, 6.45) is 0. The third-order valence-corrected chi connectivity index (χ3v) is 6.67. The Morgan fingerprint density at radius 2 is 1.95 bits per heavy atom. The molecule has 7 nitrogen and oxygen atoms in total. The maximum Gasteiger partial charge on any atom is 0.346 e. The van der Waals surface area contributed by atoms with E-state index in [1.807, 2.05) is 0 Å². The zero-order chi connectivity index (χ0) is 16.4. The molecule has 21 heavy (non-hydrogen) atoms. The average Bonchev–Trinajstić information content (AvgIpc) is 2.25. The first-order valence-corrected chi connectivity index (χ1v) is 8.79.